The lowest BCUT2D eigenvalue weighted by Crippen LogP contribution is -2.40. The molecular formula is C12H10BrClN2O. The first-order chi connectivity index (χ1) is 8.09. The smallest absolute Gasteiger partial charge is 0.244 e. The van der Waals surface area contributed by atoms with E-state index in [1.165, 1.54) is 0 Å². The van der Waals surface area contributed by atoms with Gasteiger partial charge in [-0.2, -0.15) is 5.26 Å². The van der Waals surface area contributed by atoms with Crippen LogP contribution in [0.2, 0.25) is 5.02 Å². The van der Waals surface area contributed by atoms with Crippen molar-refractivity contribution < 1.29 is 4.79 Å². The zero-order chi connectivity index (χ0) is 12.5. The molecule has 0 unspecified atom stereocenters. The van der Waals surface area contributed by atoms with Crippen LogP contribution in [0.4, 0.5) is 5.69 Å². The molecule has 0 bridgehead atoms. The van der Waals surface area contributed by atoms with Gasteiger partial charge in [-0.15, -0.1) is 0 Å². The van der Waals surface area contributed by atoms with Gasteiger partial charge < -0.3 is 5.32 Å². The molecule has 1 saturated carbocycles. The zero-order valence-electron chi connectivity index (χ0n) is 8.96. The highest BCUT2D eigenvalue weighted by atomic mass is 79.9. The Labute approximate surface area is 113 Å². The third-order valence-corrected chi connectivity index (χ3v) is 4.45. The summed E-state index contributed by atoms with van der Waals surface area (Å²) in [7, 11) is 0. The van der Waals surface area contributed by atoms with Crippen LogP contribution in [-0.4, -0.2) is 5.91 Å². The average molecular weight is 314 g/mol. The summed E-state index contributed by atoms with van der Waals surface area (Å²) in [6, 6.07) is 7.34. The summed E-state index contributed by atoms with van der Waals surface area (Å²) < 4.78 is 0.641. The molecule has 2 rings (SSSR count). The Kier molecular flexibility index (Phi) is 3.41. The number of hydrogen-bond acceptors (Lipinski definition) is 2. The summed E-state index contributed by atoms with van der Waals surface area (Å²) in [5.41, 5.74) is -0.245. The highest BCUT2D eigenvalue weighted by Crippen LogP contribution is 2.42. The Morgan fingerprint density at radius 2 is 2.24 bits per heavy atom. The number of nitrogens with zero attached hydrogens (tertiary/aromatic N) is 1. The number of rotatable bonds is 2. The fraction of sp³-hybridized carbons (Fsp3) is 0.333. The molecule has 0 aliphatic heterocycles. The average Bonchev–Trinajstić information content (AvgIpc) is 2.24. The van der Waals surface area contributed by atoms with E-state index >= 15 is 0 Å². The highest BCUT2D eigenvalue weighted by Gasteiger charge is 2.44. The van der Waals surface area contributed by atoms with E-state index in [0.29, 0.717) is 28.0 Å². The predicted octanol–water partition coefficient (Wildman–Crippen LogP) is 3.73. The van der Waals surface area contributed by atoms with E-state index in [1.807, 2.05) is 0 Å². The minimum atomic E-state index is -0.845. The Hall–Kier alpha value is -1.05. The van der Waals surface area contributed by atoms with Gasteiger partial charge >= 0.3 is 0 Å². The summed E-state index contributed by atoms with van der Waals surface area (Å²) in [6.45, 7) is 0. The van der Waals surface area contributed by atoms with E-state index in [1.54, 1.807) is 18.2 Å². The monoisotopic (exact) mass is 312 g/mol. The van der Waals surface area contributed by atoms with E-state index in [2.05, 4.69) is 27.3 Å². The van der Waals surface area contributed by atoms with Crippen molar-refractivity contribution in [3.63, 3.8) is 0 Å². The molecule has 1 aliphatic rings. The first kappa shape index (κ1) is 12.4. The summed E-state index contributed by atoms with van der Waals surface area (Å²) >= 11 is 9.24. The van der Waals surface area contributed by atoms with E-state index in [-0.39, 0.29) is 5.91 Å². The van der Waals surface area contributed by atoms with Crippen LogP contribution < -0.4 is 5.32 Å². The van der Waals surface area contributed by atoms with Crippen LogP contribution in [0.1, 0.15) is 19.3 Å². The molecule has 1 amide bonds. The molecule has 17 heavy (non-hydrogen) atoms. The molecule has 0 spiro atoms. The quantitative estimate of drug-likeness (QED) is 0.904. The maximum absolute atomic E-state index is 12.0. The van der Waals surface area contributed by atoms with Crippen LogP contribution in [0.15, 0.2) is 22.7 Å². The second kappa shape index (κ2) is 4.67. The number of anilines is 1. The third kappa shape index (κ3) is 2.18. The standard InChI is InChI=1S/C12H10BrClN2O/c13-10-8(14)3-1-4-9(10)16-11(17)12(7-15)5-2-6-12/h1,3-4H,2,5-6H2,(H,16,17). The SMILES string of the molecule is N#CC1(C(=O)Nc2cccc(Cl)c2Br)CCC1. The largest absolute Gasteiger partial charge is 0.324 e. The molecule has 5 heteroatoms. The van der Waals surface area contributed by atoms with Gasteiger partial charge in [-0.3, -0.25) is 4.79 Å². The maximum atomic E-state index is 12.0. The van der Waals surface area contributed by atoms with Gasteiger partial charge in [0.2, 0.25) is 5.91 Å². The van der Waals surface area contributed by atoms with Gasteiger partial charge in [0, 0.05) is 0 Å². The minimum Gasteiger partial charge on any atom is -0.324 e. The van der Waals surface area contributed by atoms with Crippen molar-refractivity contribution >= 4 is 39.1 Å². The van der Waals surface area contributed by atoms with Crippen LogP contribution in [0, 0.1) is 16.7 Å². The molecule has 88 valence electrons. The number of nitrogens with one attached hydrogen (secondary N) is 1. The molecule has 0 saturated heterocycles. The van der Waals surface area contributed by atoms with Crippen molar-refractivity contribution in [3.8, 4) is 6.07 Å². The van der Waals surface area contributed by atoms with Crippen LogP contribution >= 0.6 is 27.5 Å². The topological polar surface area (TPSA) is 52.9 Å². The first-order valence-corrected chi connectivity index (χ1v) is 6.43. The minimum absolute atomic E-state index is 0.241. The molecule has 1 aromatic carbocycles. The van der Waals surface area contributed by atoms with Crippen molar-refractivity contribution in [1.82, 2.24) is 0 Å². The molecule has 3 nitrogen and oxygen atoms in total. The number of carbonyl (C=O) groups excluding carboxylic acids is 1. The molecule has 0 heterocycles. The van der Waals surface area contributed by atoms with Crippen molar-refractivity contribution in [2.75, 3.05) is 5.32 Å². The lowest BCUT2D eigenvalue weighted by atomic mass is 9.69. The molecule has 1 aromatic rings. The van der Waals surface area contributed by atoms with Gasteiger partial charge in [0.15, 0.2) is 0 Å². The Morgan fingerprint density at radius 1 is 1.53 bits per heavy atom. The second-order valence-corrected chi connectivity index (χ2v) is 5.30. The van der Waals surface area contributed by atoms with E-state index < -0.39 is 5.41 Å². The highest BCUT2D eigenvalue weighted by molar-refractivity contribution is 9.10. The number of carbonyl (C=O) groups is 1. The summed E-state index contributed by atoms with van der Waals surface area (Å²) in [5, 5.41) is 12.3. The van der Waals surface area contributed by atoms with Gasteiger partial charge in [-0.25, -0.2) is 0 Å². The molecular weight excluding hydrogens is 304 g/mol. The van der Waals surface area contributed by atoms with Crippen molar-refractivity contribution in [2.24, 2.45) is 5.41 Å². The molecule has 0 aromatic heterocycles. The number of benzene rings is 1. The first-order valence-electron chi connectivity index (χ1n) is 5.26. The lowest BCUT2D eigenvalue weighted by Gasteiger charge is -2.33. The van der Waals surface area contributed by atoms with Crippen molar-refractivity contribution in [1.29, 1.82) is 5.26 Å². The molecule has 1 fully saturated rings. The summed E-state index contributed by atoms with van der Waals surface area (Å²) in [6.07, 6.45) is 2.19. The number of nitriles is 1. The summed E-state index contributed by atoms with van der Waals surface area (Å²) in [4.78, 5) is 12.0. The van der Waals surface area contributed by atoms with Crippen molar-refractivity contribution in [3.05, 3.63) is 27.7 Å². The number of hydrogen-bond donors (Lipinski definition) is 1. The maximum Gasteiger partial charge on any atom is 0.244 e. The number of halogens is 2. The van der Waals surface area contributed by atoms with Gasteiger partial charge in [0.25, 0.3) is 0 Å². The van der Waals surface area contributed by atoms with Crippen LogP contribution in [0.5, 0.6) is 0 Å². The van der Waals surface area contributed by atoms with E-state index in [4.69, 9.17) is 16.9 Å². The van der Waals surface area contributed by atoms with Gasteiger partial charge in [0.1, 0.15) is 5.41 Å². The van der Waals surface area contributed by atoms with E-state index in [9.17, 15) is 4.79 Å². The van der Waals surface area contributed by atoms with E-state index in [0.717, 1.165) is 6.42 Å². The molecule has 1 aliphatic carbocycles. The fourth-order valence-corrected chi connectivity index (χ4v) is 2.30. The van der Waals surface area contributed by atoms with Crippen molar-refractivity contribution in [2.45, 2.75) is 19.3 Å². The fourth-order valence-electron chi connectivity index (χ4n) is 1.76. The zero-order valence-corrected chi connectivity index (χ0v) is 11.3. The number of amides is 1. The molecule has 1 N–H and O–H groups in total. The third-order valence-electron chi connectivity index (χ3n) is 3.06. The van der Waals surface area contributed by atoms with Gasteiger partial charge in [-0.05, 0) is 47.3 Å². The second-order valence-electron chi connectivity index (χ2n) is 4.10. The van der Waals surface area contributed by atoms with Crippen LogP contribution in [0.25, 0.3) is 0 Å². The predicted molar refractivity (Wildman–Crippen MR) is 69.7 cm³/mol. The molecule has 0 atom stereocenters. The Balaban J connectivity index is 2.19. The van der Waals surface area contributed by atoms with Gasteiger partial charge in [-0.1, -0.05) is 17.7 Å². The van der Waals surface area contributed by atoms with Crippen LogP contribution in [0.3, 0.4) is 0 Å². The normalized spacial score (nSPS) is 16.8. The Morgan fingerprint density at radius 3 is 2.76 bits per heavy atom. The lowest BCUT2D eigenvalue weighted by molar-refractivity contribution is -0.126. The van der Waals surface area contributed by atoms with Crippen LogP contribution in [-0.2, 0) is 4.79 Å². The van der Waals surface area contributed by atoms with Gasteiger partial charge in [0.05, 0.1) is 21.3 Å². The molecule has 0 radical (unpaired) electrons. The summed E-state index contributed by atoms with van der Waals surface area (Å²) in [5.74, 6) is -0.241. The Bertz CT molecular complexity index is 506.